The van der Waals surface area contributed by atoms with Crippen LogP contribution in [0, 0.1) is 0 Å². The van der Waals surface area contributed by atoms with Crippen LogP contribution in [0.25, 0.3) is 0 Å². The summed E-state index contributed by atoms with van der Waals surface area (Å²) in [7, 11) is 0. The van der Waals surface area contributed by atoms with Crippen LogP contribution in [-0.4, -0.2) is 47.3 Å². The predicted octanol–water partition coefficient (Wildman–Crippen LogP) is 0.681. The first-order valence-electron chi connectivity index (χ1n) is 7.53. The lowest BCUT2D eigenvalue weighted by Gasteiger charge is -2.33. The summed E-state index contributed by atoms with van der Waals surface area (Å²) in [6, 6.07) is 12.3. The fourth-order valence-electron chi connectivity index (χ4n) is 2.58. The van der Waals surface area contributed by atoms with E-state index in [2.05, 4.69) is 10.4 Å². The Morgan fingerprint density at radius 3 is 2.48 bits per heavy atom. The third-order valence-corrected chi connectivity index (χ3v) is 3.87. The summed E-state index contributed by atoms with van der Waals surface area (Å²) in [6.45, 7) is 2.28. The van der Waals surface area contributed by atoms with Gasteiger partial charge in [0.15, 0.2) is 5.60 Å². The number of pyridine rings is 1. The summed E-state index contributed by atoms with van der Waals surface area (Å²) >= 11 is 0. The zero-order valence-corrected chi connectivity index (χ0v) is 12.7. The Morgan fingerprint density at radius 1 is 1.13 bits per heavy atom. The molecule has 1 aliphatic heterocycles. The molecule has 1 fully saturated rings. The molecular weight excluding hydrogens is 294 g/mol. The van der Waals surface area contributed by atoms with Crippen molar-refractivity contribution >= 4 is 5.91 Å². The zero-order chi connectivity index (χ0) is 16.1. The number of hydrogen-bond acceptors (Lipinski definition) is 5. The van der Waals surface area contributed by atoms with E-state index in [1.165, 1.54) is 6.20 Å². The number of morpholine rings is 1. The van der Waals surface area contributed by atoms with Gasteiger partial charge in [0.25, 0.3) is 5.91 Å². The molecule has 1 aliphatic rings. The van der Waals surface area contributed by atoms with Gasteiger partial charge in [0.05, 0.1) is 13.2 Å². The summed E-state index contributed by atoms with van der Waals surface area (Å²) in [6.07, 6.45) is 3.11. The second-order valence-corrected chi connectivity index (χ2v) is 5.36. The number of carbonyl (C=O) groups excluding carboxylic acids is 1. The second-order valence-electron chi connectivity index (χ2n) is 5.36. The smallest absolute Gasteiger partial charge is 0.275 e. The molecule has 0 radical (unpaired) electrons. The third-order valence-electron chi connectivity index (χ3n) is 3.87. The van der Waals surface area contributed by atoms with Gasteiger partial charge in [-0.2, -0.15) is 0 Å². The molecule has 1 aromatic heterocycles. The molecular formula is C17H19N3O3. The minimum Gasteiger partial charge on any atom is -0.379 e. The number of rotatable bonds is 4. The second kappa shape index (κ2) is 6.87. The van der Waals surface area contributed by atoms with Crippen LogP contribution in [0.4, 0.5) is 0 Å². The Morgan fingerprint density at radius 2 is 1.83 bits per heavy atom. The standard InChI is InChI=1S/C17H19N3O3/c21-16(19-20-9-11-23-12-10-20)17(22,14-5-2-1-3-6-14)15-7-4-8-18-13-15/h1-8,13,22H,9-12H2,(H,19,21). The molecule has 3 rings (SSSR count). The van der Waals surface area contributed by atoms with Crippen molar-refractivity contribution in [3.63, 3.8) is 0 Å². The molecule has 6 heteroatoms. The first kappa shape index (κ1) is 15.6. The molecule has 1 amide bonds. The molecule has 0 bridgehead atoms. The van der Waals surface area contributed by atoms with Gasteiger partial charge in [-0.3, -0.25) is 15.2 Å². The number of hydrazine groups is 1. The minimum atomic E-state index is -1.80. The van der Waals surface area contributed by atoms with Crippen LogP contribution in [0.15, 0.2) is 54.9 Å². The quantitative estimate of drug-likeness (QED) is 0.868. The fraction of sp³-hybridized carbons (Fsp3) is 0.294. The maximum Gasteiger partial charge on any atom is 0.275 e. The van der Waals surface area contributed by atoms with E-state index in [1.54, 1.807) is 47.6 Å². The van der Waals surface area contributed by atoms with E-state index in [4.69, 9.17) is 4.74 Å². The molecule has 2 N–H and O–H groups in total. The van der Waals surface area contributed by atoms with Gasteiger partial charge < -0.3 is 9.84 Å². The van der Waals surface area contributed by atoms with E-state index >= 15 is 0 Å². The first-order chi connectivity index (χ1) is 11.2. The largest absolute Gasteiger partial charge is 0.379 e. The van der Waals surface area contributed by atoms with Crippen LogP contribution >= 0.6 is 0 Å². The third kappa shape index (κ3) is 3.24. The summed E-state index contributed by atoms with van der Waals surface area (Å²) in [5, 5.41) is 13.0. The van der Waals surface area contributed by atoms with Gasteiger partial charge in [-0.15, -0.1) is 0 Å². The zero-order valence-electron chi connectivity index (χ0n) is 12.7. The van der Waals surface area contributed by atoms with Crippen molar-refractivity contribution in [2.75, 3.05) is 26.3 Å². The SMILES string of the molecule is O=C(NN1CCOCC1)C(O)(c1ccccc1)c1cccnc1. The van der Waals surface area contributed by atoms with Gasteiger partial charge in [0, 0.05) is 31.0 Å². The van der Waals surface area contributed by atoms with E-state index in [-0.39, 0.29) is 0 Å². The molecule has 0 spiro atoms. The van der Waals surface area contributed by atoms with Gasteiger partial charge in [0.1, 0.15) is 0 Å². The van der Waals surface area contributed by atoms with Gasteiger partial charge in [-0.05, 0) is 11.6 Å². The van der Waals surface area contributed by atoms with E-state index in [1.807, 2.05) is 6.07 Å². The van der Waals surface area contributed by atoms with Crippen LogP contribution < -0.4 is 5.43 Å². The van der Waals surface area contributed by atoms with Crippen molar-refractivity contribution in [3.8, 4) is 0 Å². The highest BCUT2D eigenvalue weighted by atomic mass is 16.5. The maximum atomic E-state index is 12.9. The highest BCUT2D eigenvalue weighted by Crippen LogP contribution is 2.29. The molecule has 0 saturated carbocycles. The van der Waals surface area contributed by atoms with Crippen molar-refractivity contribution in [2.24, 2.45) is 0 Å². The molecule has 0 aliphatic carbocycles. The highest BCUT2D eigenvalue weighted by molar-refractivity contribution is 5.89. The predicted molar refractivity (Wildman–Crippen MR) is 84.2 cm³/mol. The Bertz CT molecular complexity index is 603. The molecule has 1 aromatic carbocycles. The normalized spacial score (nSPS) is 18.1. The van der Waals surface area contributed by atoms with E-state index in [0.29, 0.717) is 37.4 Å². The Balaban J connectivity index is 1.93. The van der Waals surface area contributed by atoms with E-state index < -0.39 is 11.5 Å². The Hall–Kier alpha value is -2.28. The average molecular weight is 313 g/mol. The monoisotopic (exact) mass is 313 g/mol. The summed E-state index contributed by atoms with van der Waals surface area (Å²) < 4.78 is 5.27. The van der Waals surface area contributed by atoms with Crippen LogP contribution in [0.2, 0.25) is 0 Å². The van der Waals surface area contributed by atoms with Crippen LogP contribution in [-0.2, 0) is 15.1 Å². The lowest BCUT2D eigenvalue weighted by molar-refractivity contribution is -0.144. The number of benzene rings is 1. The molecule has 2 heterocycles. The number of amides is 1. The van der Waals surface area contributed by atoms with Crippen LogP contribution in [0.1, 0.15) is 11.1 Å². The van der Waals surface area contributed by atoms with Gasteiger partial charge in [-0.25, -0.2) is 5.01 Å². The highest BCUT2D eigenvalue weighted by Gasteiger charge is 2.41. The number of aromatic nitrogens is 1. The minimum absolute atomic E-state index is 0.428. The number of nitrogens with zero attached hydrogens (tertiary/aromatic N) is 2. The van der Waals surface area contributed by atoms with Gasteiger partial charge in [0.2, 0.25) is 0 Å². The summed E-state index contributed by atoms with van der Waals surface area (Å²) in [5.41, 5.74) is 1.92. The molecule has 1 saturated heterocycles. The summed E-state index contributed by atoms with van der Waals surface area (Å²) in [4.78, 5) is 16.9. The first-order valence-corrected chi connectivity index (χ1v) is 7.53. The molecule has 23 heavy (non-hydrogen) atoms. The molecule has 1 unspecified atom stereocenters. The van der Waals surface area contributed by atoms with Crippen molar-refractivity contribution in [2.45, 2.75) is 5.60 Å². The van der Waals surface area contributed by atoms with Crippen LogP contribution in [0.3, 0.4) is 0 Å². The fourth-order valence-corrected chi connectivity index (χ4v) is 2.58. The van der Waals surface area contributed by atoms with Crippen LogP contribution in [0.5, 0.6) is 0 Å². The van der Waals surface area contributed by atoms with Crippen molar-refractivity contribution in [1.82, 2.24) is 15.4 Å². The Labute approximate surface area is 134 Å². The van der Waals surface area contributed by atoms with Gasteiger partial charge in [-0.1, -0.05) is 36.4 Å². The lowest BCUT2D eigenvalue weighted by atomic mass is 9.86. The average Bonchev–Trinajstić information content (AvgIpc) is 2.63. The maximum absolute atomic E-state index is 12.9. The summed E-state index contributed by atoms with van der Waals surface area (Å²) in [5.74, 6) is -0.501. The number of hydrogen-bond donors (Lipinski definition) is 2. The number of aliphatic hydroxyl groups is 1. The number of carbonyl (C=O) groups is 1. The van der Waals surface area contributed by atoms with E-state index in [9.17, 15) is 9.90 Å². The van der Waals surface area contributed by atoms with Gasteiger partial charge >= 0.3 is 0 Å². The van der Waals surface area contributed by atoms with Crippen molar-refractivity contribution < 1.29 is 14.6 Å². The lowest BCUT2D eigenvalue weighted by Crippen LogP contribution is -2.55. The molecule has 2 aromatic rings. The number of nitrogens with one attached hydrogen (secondary N) is 1. The Kier molecular flexibility index (Phi) is 4.66. The number of ether oxygens (including phenoxy) is 1. The molecule has 6 nitrogen and oxygen atoms in total. The van der Waals surface area contributed by atoms with Crippen molar-refractivity contribution in [3.05, 3.63) is 66.0 Å². The molecule has 1 atom stereocenters. The van der Waals surface area contributed by atoms with E-state index in [0.717, 1.165) is 0 Å². The topological polar surface area (TPSA) is 74.7 Å². The van der Waals surface area contributed by atoms with Crippen molar-refractivity contribution in [1.29, 1.82) is 0 Å². The molecule has 120 valence electrons.